The van der Waals surface area contributed by atoms with Crippen LogP contribution in [0.2, 0.25) is 0 Å². The van der Waals surface area contributed by atoms with Crippen LogP contribution in [0.4, 0.5) is 5.69 Å². The van der Waals surface area contributed by atoms with Crippen molar-refractivity contribution in [1.29, 1.82) is 0 Å². The van der Waals surface area contributed by atoms with Crippen LogP contribution in [0, 0.1) is 6.92 Å². The summed E-state index contributed by atoms with van der Waals surface area (Å²) in [5, 5.41) is 4.58. The summed E-state index contributed by atoms with van der Waals surface area (Å²) in [6.45, 7) is 7.20. The number of nitrogens with zero attached hydrogens (tertiary/aromatic N) is 1. The molecule has 1 aromatic heterocycles. The van der Waals surface area contributed by atoms with E-state index >= 15 is 0 Å². The number of aryl methyl sites for hydroxylation is 1. The summed E-state index contributed by atoms with van der Waals surface area (Å²) in [5.41, 5.74) is 4.39. The molecule has 1 N–H and O–H groups in total. The molecule has 0 spiro atoms. The van der Waals surface area contributed by atoms with Crippen LogP contribution >= 0.6 is 15.9 Å². The molecule has 0 amide bonds. The molecule has 0 bridgehead atoms. The second-order valence-electron chi connectivity index (χ2n) is 4.41. The zero-order chi connectivity index (χ0) is 14.0. The molecular weight excluding hydrogens is 304 g/mol. The first-order valence-electron chi connectivity index (χ1n) is 6.53. The van der Waals surface area contributed by atoms with Crippen LogP contribution in [0.1, 0.15) is 25.1 Å². The van der Waals surface area contributed by atoms with Gasteiger partial charge in [0, 0.05) is 27.8 Å². The lowest BCUT2D eigenvalue weighted by Crippen LogP contribution is -2.06. The summed E-state index contributed by atoms with van der Waals surface area (Å²) in [6.07, 6.45) is 0.959. The van der Waals surface area contributed by atoms with Gasteiger partial charge < -0.3 is 10.1 Å². The van der Waals surface area contributed by atoms with E-state index in [1.807, 2.05) is 12.1 Å². The van der Waals surface area contributed by atoms with E-state index in [1.54, 1.807) is 7.11 Å². The third kappa shape index (κ3) is 2.41. The van der Waals surface area contributed by atoms with E-state index in [2.05, 4.69) is 42.0 Å². The fraction of sp³-hybridized carbons (Fsp3) is 0.400. The van der Waals surface area contributed by atoms with E-state index < -0.39 is 0 Å². The van der Waals surface area contributed by atoms with Crippen LogP contribution in [-0.4, -0.2) is 18.6 Å². The van der Waals surface area contributed by atoms with Gasteiger partial charge in [-0.3, -0.25) is 0 Å². The van der Waals surface area contributed by atoms with E-state index in [9.17, 15) is 0 Å². The largest absolute Gasteiger partial charge is 0.494 e. The molecule has 1 aromatic carbocycles. The zero-order valence-electron chi connectivity index (χ0n) is 11.8. The highest BCUT2D eigenvalue weighted by Gasteiger charge is 2.16. The fourth-order valence-electron chi connectivity index (χ4n) is 2.43. The SMILES string of the molecule is CCNc1c(CC)c(C)nc2c(OC)ccc(Br)c12. The highest BCUT2D eigenvalue weighted by atomic mass is 79.9. The van der Waals surface area contributed by atoms with Crippen LogP contribution < -0.4 is 10.1 Å². The summed E-state index contributed by atoms with van der Waals surface area (Å²) in [6, 6.07) is 3.96. The molecule has 4 heteroatoms. The van der Waals surface area contributed by atoms with Gasteiger partial charge in [-0.1, -0.05) is 22.9 Å². The van der Waals surface area contributed by atoms with Crippen LogP contribution in [0.25, 0.3) is 10.9 Å². The van der Waals surface area contributed by atoms with Crippen molar-refractivity contribution in [2.75, 3.05) is 19.0 Å². The molecule has 1 heterocycles. The molecule has 0 atom stereocenters. The molecule has 0 unspecified atom stereocenters. The number of fused-ring (bicyclic) bond motifs is 1. The maximum Gasteiger partial charge on any atom is 0.145 e. The summed E-state index contributed by atoms with van der Waals surface area (Å²) < 4.78 is 6.48. The Bertz CT molecular complexity index is 611. The quantitative estimate of drug-likeness (QED) is 0.910. The number of anilines is 1. The second kappa shape index (κ2) is 5.78. The Hall–Kier alpha value is -1.29. The summed E-state index contributed by atoms with van der Waals surface area (Å²) in [7, 11) is 1.68. The first kappa shape index (κ1) is 14.1. The van der Waals surface area contributed by atoms with Crippen LogP contribution in [-0.2, 0) is 6.42 Å². The van der Waals surface area contributed by atoms with Crippen LogP contribution in [0.15, 0.2) is 16.6 Å². The van der Waals surface area contributed by atoms with Gasteiger partial charge in [-0.05, 0) is 38.0 Å². The third-order valence-corrected chi connectivity index (χ3v) is 3.95. The van der Waals surface area contributed by atoms with Gasteiger partial charge in [0.1, 0.15) is 11.3 Å². The Morgan fingerprint density at radius 1 is 1.32 bits per heavy atom. The fourth-order valence-corrected chi connectivity index (χ4v) is 2.95. The zero-order valence-corrected chi connectivity index (χ0v) is 13.4. The highest BCUT2D eigenvalue weighted by molar-refractivity contribution is 9.10. The lowest BCUT2D eigenvalue weighted by atomic mass is 10.0. The molecular formula is C15H19BrN2O. The van der Waals surface area contributed by atoms with Crippen LogP contribution in [0.3, 0.4) is 0 Å². The van der Waals surface area contributed by atoms with Gasteiger partial charge >= 0.3 is 0 Å². The maximum atomic E-state index is 5.43. The molecule has 19 heavy (non-hydrogen) atoms. The third-order valence-electron chi connectivity index (χ3n) is 3.29. The molecule has 0 aliphatic rings. The van der Waals surface area contributed by atoms with Crippen molar-refractivity contribution < 1.29 is 4.74 Å². The van der Waals surface area contributed by atoms with E-state index in [1.165, 1.54) is 11.3 Å². The topological polar surface area (TPSA) is 34.2 Å². The van der Waals surface area contributed by atoms with Crippen molar-refractivity contribution in [3.63, 3.8) is 0 Å². The van der Waals surface area contributed by atoms with Crippen molar-refractivity contribution in [3.05, 3.63) is 27.9 Å². The van der Waals surface area contributed by atoms with E-state index in [0.29, 0.717) is 0 Å². The Balaban J connectivity index is 2.90. The number of pyridine rings is 1. The number of aromatic nitrogens is 1. The number of rotatable bonds is 4. The monoisotopic (exact) mass is 322 g/mol. The second-order valence-corrected chi connectivity index (χ2v) is 5.26. The maximum absolute atomic E-state index is 5.43. The summed E-state index contributed by atoms with van der Waals surface area (Å²) in [5.74, 6) is 0.808. The summed E-state index contributed by atoms with van der Waals surface area (Å²) in [4.78, 5) is 4.73. The molecule has 2 aromatic rings. The van der Waals surface area contributed by atoms with E-state index in [-0.39, 0.29) is 0 Å². The van der Waals surface area contributed by atoms with Crippen LogP contribution in [0.5, 0.6) is 5.75 Å². The number of ether oxygens (including phenoxy) is 1. The molecule has 3 nitrogen and oxygen atoms in total. The number of hydrogen-bond acceptors (Lipinski definition) is 3. The number of nitrogens with one attached hydrogen (secondary N) is 1. The number of methoxy groups -OCH3 is 1. The minimum atomic E-state index is 0.808. The lowest BCUT2D eigenvalue weighted by molar-refractivity contribution is 0.419. The molecule has 0 radical (unpaired) electrons. The van der Waals surface area contributed by atoms with Gasteiger partial charge in [-0.15, -0.1) is 0 Å². The molecule has 0 saturated heterocycles. The average molecular weight is 323 g/mol. The Morgan fingerprint density at radius 3 is 2.63 bits per heavy atom. The molecule has 0 fully saturated rings. The first-order chi connectivity index (χ1) is 9.13. The first-order valence-corrected chi connectivity index (χ1v) is 7.32. The van der Waals surface area contributed by atoms with Gasteiger partial charge in [-0.25, -0.2) is 4.98 Å². The van der Waals surface area contributed by atoms with E-state index in [4.69, 9.17) is 9.72 Å². The Kier molecular flexibility index (Phi) is 4.30. The van der Waals surface area contributed by atoms with Crippen molar-refractivity contribution in [2.45, 2.75) is 27.2 Å². The van der Waals surface area contributed by atoms with Gasteiger partial charge in [-0.2, -0.15) is 0 Å². The average Bonchev–Trinajstić information content (AvgIpc) is 2.39. The minimum absolute atomic E-state index is 0.808. The predicted octanol–water partition coefficient (Wildman–Crippen LogP) is 4.31. The number of hydrogen-bond donors (Lipinski definition) is 1. The lowest BCUT2D eigenvalue weighted by Gasteiger charge is -2.17. The molecule has 0 aliphatic heterocycles. The normalized spacial score (nSPS) is 10.8. The van der Waals surface area contributed by atoms with E-state index in [0.717, 1.165) is 39.8 Å². The Labute approximate surface area is 122 Å². The van der Waals surface area contributed by atoms with Gasteiger partial charge in [0.15, 0.2) is 0 Å². The standard InChI is InChI=1S/C15H19BrN2O/c1-5-10-9(3)18-15-12(19-4)8-7-11(16)13(15)14(10)17-6-2/h7-8H,5-6H2,1-4H3,(H,17,18). The van der Waals surface area contributed by atoms with Gasteiger partial charge in [0.2, 0.25) is 0 Å². The highest BCUT2D eigenvalue weighted by Crippen LogP contribution is 2.38. The minimum Gasteiger partial charge on any atom is -0.494 e. The predicted molar refractivity (Wildman–Crippen MR) is 84.3 cm³/mol. The van der Waals surface area contributed by atoms with Crippen molar-refractivity contribution in [2.24, 2.45) is 0 Å². The van der Waals surface area contributed by atoms with Crippen molar-refractivity contribution in [1.82, 2.24) is 4.98 Å². The van der Waals surface area contributed by atoms with Crippen molar-refractivity contribution in [3.8, 4) is 5.75 Å². The molecule has 0 aliphatic carbocycles. The van der Waals surface area contributed by atoms with Gasteiger partial charge in [0.05, 0.1) is 7.11 Å². The summed E-state index contributed by atoms with van der Waals surface area (Å²) >= 11 is 3.63. The molecule has 0 saturated carbocycles. The molecule has 2 rings (SSSR count). The smallest absolute Gasteiger partial charge is 0.145 e. The Morgan fingerprint density at radius 2 is 2.05 bits per heavy atom. The number of benzene rings is 1. The molecule has 102 valence electrons. The van der Waals surface area contributed by atoms with Crippen molar-refractivity contribution >= 4 is 32.5 Å². The van der Waals surface area contributed by atoms with Gasteiger partial charge in [0.25, 0.3) is 0 Å². The number of halogens is 1.